The number of carbonyl (C=O) groups excluding carboxylic acids is 1. The third-order valence-corrected chi connectivity index (χ3v) is 5.57. The Bertz CT molecular complexity index is 1540. The average Bonchev–Trinajstić information content (AvgIpc) is 3.54. The standard InChI is InChI=1S/C24H22N8O4/c1-3-10-31(2)24(33)15-8-9-16(25-12-15)14-35-23-19-7-5-4-6-18(19)21-27-28-22(32(21)29-23)20-11-17(13-26-34)36-30-20/h4-9,11-12H,3,10,13-14H2,1-2H3. The number of benzene rings is 1. The zero-order chi connectivity index (χ0) is 25.1. The molecule has 0 radical (unpaired) electrons. The van der Waals surface area contributed by atoms with Crippen LogP contribution in [0.5, 0.6) is 5.88 Å². The maximum Gasteiger partial charge on any atom is 0.255 e. The van der Waals surface area contributed by atoms with Crippen LogP contribution in [-0.4, -0.2) is 54.4 Å². The van der Waals surface area contributed by atoms with E-state index in [4.69, 9.17) is 9.26 Å². The summed E-state index contributed by atoms with van der Waals surface area (Å²) < 4.78 is 12.7. The van der Waals surface area contributed by atoms with Gasteiger partial charge < -0.3 is 14.2 Å². The Morgan fingerprint density at radius 2 is 2.00 bits per heavy atom. The smallest absolute Gasteiger partial charge is 0.255 e. The number of rotatable bonds is 9. The minimum Gasteiger partial charge on any atom is -0.470 e. The van der Waals surface area contributed by atoms with Gasteiger partial charge in [0, 0.05) is 36.6 Å². The third-order valence-electron chi connectivity index (χ3n) is 5.57. The van der Waals surface area contributed by atoms with Gasteiger partial charge in [0.05, 0.1) is 11.3 Å². The Balaban J connectivity index is 1.44. The van der Waals surface area contributed by atoms with Crippen LogP contribution in [0.1, 0.15) is 35.2 Å². The minimum absolute atomic E-state index is 0.0741. The van der Waals surface area contributed by atoms with E-state index in [1.807, 2.05) is 31.2 Å². The Labute approximate surface area is 204 Å². The van der Waals surface area contributed by atoms with Gasteiger partial charge >= 0.3 is 0 Å². The molecule has 36 heavy (non-hydrogen) atoms. The van der Waals surface area contributed by atoms with Crippen LogP contribution in [0.2, 0.25) is 0 Å². The summed E-state index contributed by atoms with van der Waals surface area (Å²) in [6.07, 6.45) is 2.44. The fraction of sp³-hybridized carbons (Fsp3) is 0.250. The second-order valence-electron chi connectivity index (χ2n) is 8.13. The van der Waals surface area contributed by atoms with E-state index in [0.717, 1.165) is 17.2 Å². The molecule has 0 aliphatic carbocycles. The van der Waals surface area contributed by atoms with Crippen LogP contribution in [0.3, 0.4) is 0 Å². The molecule has 0 N–H and O–H groups in total. The lowest BCUT2D eigenvalue weighted by Crippen LogP contribution is -2.27. The van der Waals surface area contributed by atoms with Crippen molar-refractivity contribution in [3.8, 4) is 17.4 Å². The third kappa shape index (κ3) is 4.35. The molecular formula is C24H22N8O4. The van der Waals surface area contributed by atoms with Crippen molar-refractivity contribution < 1.29 is 14.1 Å². The van der Waals surface area contributed by atoms with E-state index in [9.17, 15) is 9.70 Å². The van der Waals surface area contributed by atoms with Crippen LogP contribution in [0, 0.1) is 4.91 Å². The number of aromatic nitrogens is 6. The van der Waals surface area contributed by atoms with Crippen LogP contribution >= 0.6 is 0 Å². The maximum atomic E-state index is 12.5. The Kier molecular flexibility index (Phi) is 6.31. The highest BCUT2D eigenvalue weighted by Crippen LogP contribution is 2.29. The molecule has 0 atom stereocenters. The van der Waals surface area contributed by atoms with Gasteiger partial charge in [0.15, 0.2) is 17.1 Å². The summed E-state index contributed by atoms with van der Waals surface area (Å²) >= 11 is 0. The number of nitroso groups, excluding NO2 is 1. The van der Waals surface area contributed by atoms with Crippen molar-refractivity contribution in [1.29, 1.82) is 0 Å². The normalized spacial score (nSPS) is 11.2. The Morgan fingerprint density at radius 3 is 2.75 bits per heavy atom. The molecule has 0 aliphatic rings. The first-order valence-electron chi connectivity index (χ1n) is 11.3. The summed E-state index contributed by atoms with van der Waals surface area (Å²) in [6.45, 7) is 2.70. The van der Waals surface area contributed by atoms with Crippen LogP contribution in [0.15, 0.2) is 58.4 Å². The molecule has 5 rings (SSSR count). The molecule has 4 aromatic heterocycles. The van der Waals surface area contributed by atoms with E-state index in [1.165, 1.54) is 4.52 Å². The number of nitrogens with zero attached hydrogens (tertiary/aromatic N) is 8. The van der Waals surface area contributed by atoms with Crippen molar-refractivity contribution in [3.63, 3.8) is 0 Å². The van der Waals surface area contributed by atoms with Crippen molar-refractivity contribution in [2.24, 2.45) is 5.18 Å². The second-order valence-corrected chi connectivity index (χ2v) is 8.13. The summed E-state index contributed by atoms with van der Waals surface area (Å²) in [6, 6.07) is 12.6. The minimum atomic E-state index is -0.138. The number of hydrogen-bond donors (Lipinski definition) is 0. The zero-order valence-corrected chi connectivity index (χ0v) is 19.7. The molecular weight excluding hydrogens is 464 g/mol. The summed E-state index contributed by atoms with van der Waals surface area (Å²) in [5, 5.41) is 21.4. The molecule has 0 fully saturated rings. The van der Waals surface area contributed by atoms with Crippen LogP contribution in [0.25, 0.3) is 27.9 Å². The Hall–Kier alpha value is -4.74. The van der Waals surface area contributed by atoms with Gasteiger partial charge in [0.25, 0.3) is 5.91 Å². The van der Waals surface area contributed by atoms with Gasteiger partial charge in [-0.15, -0.1) is 15.3 Å². The van der Waals surface area contributed by atoms with Gasteiger partial charge in [0.1, 0.15) is 13.2 Å². The molecule has 182 valence electrons. The first kappa shape index (κ1) is 23.0. The van der Waals surface area contributed by atoms with Gasteiger partial charge in [-0.3, -0.25) is 9.78 Å². The SMILES string of the molecule is CCCN(C)C(=O)c1ccc(COc2nn3c(-c4cc(CN=O)on4)nnc3c3ccccc23)nc1. The second kappa shape index (κ2) is 9.86. The lowest BCUT2D eigenvalue weighted by atomic mass is 10.2. The summed E-state index contributed by atoms with van der Waals surface area (Å²) in [4.78, 5) is 29.1. The van der Waals surface area contributed by atoms with E-state index in [2.05, 4.69) is 30.6 Å². The first-order chi connectivity index (χ1) is 17.6. The van der Waals surface area contributed by atoms with Gasteiger partial charge in [-0.1, -0.05) is 35.5 Å². The van der Waals surface area contributed by atoms with Gasteiger partial charge in [-0.25, -0.2) is 0 Å². The molecule has 12 nitrogen and oxygen atoms in total. The topological polar surface area (TPSA) is 141 Å². The number of fused-ring (bicyclic) bond motifs is 3. The number of ether oxygens (including phenoxy) is 1. The van der Waals surface area contributed by atoms with Crippen molar-refractivity contribution >= 4 is 22.3 Å². The van der Waals surface area contributed by atoms with Crippen molar-refractivity contribution in [1.82, 2.24) is 34.9 Å². The van der Waals surface area contributed by atoms with E-state index in [1.54, 1.807) is 36.3 Å². The summed E-state index contributed by atoms with van der Waals surface area (Å²) in [5.74, 6) is 0.915. The molecule has 1 amide bonds. The molecule has 5 aromatic rings. The van der Waals surface area contributed by atoms with Gasteiger partial charge in [0.2, 0.25) is 11.7 Å². The number of carbonyl (C=O) groups is 1. The lowest BCUT2D eigenvalue weighted by Gasteiger charge is -2.16. The fourth-order valence-corrected chi connectivity index (χ4v) is 3.81. The van der Waals surface area contributed by atoms with E-state index >= 15 is 0 Å². The highest BCUT2D eigenvalue weighted by atomic mass is 16.5. The summed E-state index contributed by atoms with van der Waals surface area (Å²) in [5.41, 5.74) is 2.04. The molecule has 1 aromatic carbocycles. The van der Waals surface area contributed by atoms with Crippen LogP contribution < -0.4 is 4.74 Å². The van der Waals surface area contributed by atoms with Crippen molar-refractivity contribution in [2.45, 2.75) is 26.5 Å². The molecule has 0 unspecified atom stereocenters. The highest BCUT2D eigenvalue weighted by molar-refractivity contribution is 5.97. The lowest BCUT2D eigenvalue weighted by molar-refractivity contribution is 0.0794. The van der Waals surface area contributed by atoms with E-state index in [-0.39, 0.29) is 19.1 Å². The van der Waals surface area contributed by atoms with Crippen molar-refractivity contribution in [2.75, 3.05) is 13.6 Å². The molecule has 12 heteroatoms. The van der Waals surface area contributed by atoms with Crippen molar-refractivity contribution in [3.05, 3.63) is 70.6 Å². The van der Waals surface area contributed by atoms with E-state index < -0.39 is 0 Å². The molecule has 0 saturated heterocycles. The van der Waals surface area contributed by atoms with Crippen LogP contribution in [-0.2, 0) is 13.2 Å². The number of pyridine rings is 1. The van der Waals surface area contributed by atoms with Gasteiger partial charge in [-0.05, 0) is 24.6 Å². The fourth-order valence-electron chi connectivity index (χ4n) is 3.81. The van der Waals surface area contributed by atoms with Gasteiger partial charge in [-0.2, -0.15) is 9.42 Å². The number of amides is 1. The molecule has 4 heterocycles. The highest BCUT2D eigenvalue weighted by Gasteiger charge is 2.19. The molecule has 0 aliphatic heterocycles. The first-order valence-corrected chi connectivity index (χ1v) is 11.3. The largest absolute Gasteiger partial charge is 0.470 e. The monoisotopic (exact) mass is 486 g/mol. The Morgan fingerprint density at radius 1 is 1.17 bits per heavy atom. The predicted octanol–water partition coefficient (Wildman–Crippen LogP) is 3.65. The quantitative estimate of drug-likeness (QED) is 0.285. The maximum absolute atomic E-state index is 12.5. The summed E-state index contributed by atoms with van der Waals surface area (Å²) in [7, 11) is 1.77. The predicted molar refractivity (Wildman–Crippen MR) is 129 cm³/mol. The van der Waals surface area contributed by atoms with Crippen LogP contribution in [0.4, 0.5) is 0 Å². The zero-order valence-electron chi connectivity index (χ0n) is 19.7. The molecule has 0 saturated carbocycles. The molecule has 0 spiro atoms. The van der Waals surface area contributed by atoms with E-state index in [0.29, 0.717) is 46.6 Å². The average molecular weight is 486 g/mol. The number of hydrogen-bond acceptors (Lipinski definition) is 10. The molecule has 0 bridgehead atoms.